The number of nitrogens with two attached hydrogens (primary N) is 1. The zero-order valence-corrected chi connectivity index (χ0v) is 13.1. The van der Waals surface area contributed by atoms with Crippen molar-refractivity contribution in [2.45, 2.75) is 37.6 Å². The van der Waals surface area contributed by atoms with Crippen LogP contribution >= 0.6 is 0 Å². The molecule has 2 saturated heterocycles. The molecule has 0 aromatic heterocycles. The lowest BCUT2D eigenvalue weighted by Gasteiger charge is -2.47. The van der Waals surface area contributed by atoms with Crippen LogP contribution in [-0.2, 0) is 6.42 Å². The quantitative estimate of drug-likeness (QED) is 0.900. The molecule has 0 amide bonds. The molecule has 116 valence electrons. The molecule has 2 aliphatic rings. The third-order valence-electron chi connectivity index (χ3n) is 5.50. The molecule has 0 unspecified atom stereocenters. The zero-order chi connectivity index (χ0) is 14.5. The predicted molar refractivity (Wildman–Crippen MR) is 88.4 cm³/mol. The molecule has 3 nitrogen and oxygen atoms in total. The van der Waals surface area contributed by atoms with Crippen molar-refractivity contribution >= 4 is 0 Å². The van der Waals surface area contributed by atoms with Gasteiger partial charge in [0.05, 0.1) is 0 Å². The van der Waals surface area contributed by atoms with Crippen LogP contribution in [0, 0.1) is 0 Å². The van der Waals surface area contributed by atoms with E-state index in [2.05, 4.69) is 40.1 Å². The average molecular weight is 287 g/mol. The maximum Gasteiger partial charge on any atom is 0.0356 e. The van der Waals surface area contributed by atoms with Gasteiger partial charge < -0.3 is 10.6 Å². The molecule has 21 heavy (non-hydrogen) atoms. The standard InChI is InChI=1S/C18H29N3/c19-16-18(21-11-4-5-12-21)9-14-20(15-10-18)13-8-17-6-2-1-3-7-17/h1-3,6-7H,4-5,8-16,19H2. The number of benzene rings is 1. The van der Waals surface area contributed by atoms with Gasteiger partial charge in [0.25, 0.3) is 0 Å². The van der Waals surface area contributed by atoms with Crippen molar-refractivity contribution in [2.24, 2.45) is 5.73 Å². The lowest BCUT2D eigenvalue weighted by molar-refractivity contribution is 0.0441. The summed E-state index contributed by atoms with van der Waals surface area (Å²) in [4.78, 5) is 5.30. The fraction of sp³-hybridized carbons (Fsp3) is 0.667. The van der Waals surface area contributed by atoms with Crippen molar-refractivity contribution in [2.75, 3.05) is 39.3 Å². The summed E-state index contributed by atoms with van der Waals surface area (Å²) >= 11 is 0. The molecule has 0 bridgehead atoms. The van der Waals surface area contributed by atoms with Crippen molar-refractivity contribution in [1.29, 1.82) is 0 Å². The van der Waals surface area contributed by atoms with Crippen molar-refractivity contribution in [3.63, 3.8) is 0 Å². The maximum absolute atomic E-state index is 6.17. The van der Waals surface area contributed by atoms with Gasteiger partial charge in [0, 0.05) is 18.6 Å². The van der Waals surface area contributed by atoms with Crippen LogP contribution in [0.25, 0.3) is 0 Å². The van der Waals surface area contributed by atoms with E-state index >= 15 is 0 Å². The summed E-state index contributed by atoms with van der Waals surface area (Å²) in [6.45, 7) is 6.97. The number of hydrogen-bond donors (Lipinski definition) is 1. The molecule has 0 atom stereocenters. The number of likely N-dealkylation sites (tertiary alicyclic amines) is 2. The molecule has 2 heterocycles. The van der Waals surface area contributed by atoms with Crippen LogP contribution < -0.4 is 5.73 Å². The van der Waals surface area contributed by atoms with Crippen molar-refractivity contribution in [3.8, 4) is 0 Å². The Morgan fingerprint density at radius 3 is 2.24 bits per heavy atom. The van der Waals surface area contributed by atoms with Gasteiger partial charge in [-0.1, -0.05) is 30.3 Å². The first-order valence-corrected chi connectivity index (χ1v) is 8.54. The smallest absolute Gasteiger partial charge is 0.0356 e. The molecular formula is C18H29N3. The zero-order valence-electron chi connectivity index (χ0n) is 13.1. The van der Waals surface area contributed by atoms with Crippen LogP contribution in [0.4, 0.5) is 0 Å². The molecule has 2 aliphatic heterocycles. The van der Waals surface area contributed by atoms with Crippen molar-refractivity contribution in [1.82, 2.24) is 9.80 Å². The third kappa shape index (κ3) is 3.47. The lowest BCUT2D eigenvalue weighted by Crippen LogP contribution is -2.58. The minimum absolute atomic E-state index is 0.305. The first-order valence-electron chi connectivity index (χ1n) is 8.54. The molecule has 3 heteroatoms. The van der Waals surface area contributed by atoms with Crippen LogP contribution in [0.5, 0.6) is 0 Å². The first-order chi connectivity index (χ1) is 10.3. The van der Waals surface area contributed by atoms with Gasteiger partial charge in [-0.15, -0.1) is 0 Å². The summed E-state index contributed by atoms with van der Waals surface area (Å²) in [7, 11) is 0. The molecule has 3 rings (SSSR count). The highest BCUT2D eigenvalue weighted by molar-refractivity contribution is 5.15. The maximum atomic E-state index is 6.17. The van der Waals surface area contributed by atoms with E-state index in [1.165, 1.54) is 70.4 Å². The highest BCUT2D eigenvalue weighted by Crippen LogP contribution is 2.31. The highest BCUT2D eigenvalue weighted by Gasteiger charge is 2.39. The van der Waals surface area contributed by atoms with Gasteiger partial charge in [-0.2, -0.15) is 0 Å². The van der Waals surface area contributed by atoms with Gasteiger partial charge in [0.2, 0.25) is 0 Å². The second-order valence-corrected chi connectivity index (χ2v) is 6.70. The fourth-order valence-corrected chi connectivity index (χ4v) is 3.97. The Hall–Kier alpha value is -0.900. The summed E-state index contributed by atoms with van der Waals surface area (Å²) in [6.07, 6.45) is 6.38. The van der Waals surface area contributed by atoms with Gasteiger partial charge in [0.1, 0.15) is 0 Å². The van der Waals surface area contributed by atoms with Crippen LogP contribution in [0.1, 0.15) is 31.2 Å². The van der Waals surface area contributed by atoms with Gasteiger partial charge in [-0.05, 0) is 63.8 Å². The molecule has 2 N–H and O–H groups in total. The summed E-state index contributed by atoms with van der Waals surface area (Å²) in [5.74, 6) is 0. The minimum Gasteiger partial charge on any atom is -0.329 e. The van der Waals surface area contributed by atoms with E-state index in [-0.39, 0.29) is 0 Å². The Kier molecular flexibility index (Phi) is 4.94. The molecule has 1 aromatic rings. The monoisotopic (exact) mass is 287 g/mol. The average Bonchev–Trinajstić information content (AvgIpc) is 3.09. The molecule has 0 spiro atoms. The summed E-state index contributed by atoms with van der Waals surface area (Å²) < 4.78 is 0. The molecule has 1 aromatic carbocycles. The van der Waals surface area contributed by atoms with Gasteiger partial charge in [-0.3, -0.25) is 4.90 Å². The largest absolute Gasteiger partial charge is 0.329 e. The van der Waals surface area contributed by atoms with E-state index in [0.717, 1.165) is 6.54 Å². The van der Waals surface area contributed by atoms with Crippen LogP contribution in [0.2, 0.25) is 0 Å². The summed E-state index contributed by atoms with van der Waals surface area (Å²) in [6, 6.07) is 10.8. The Bertz CT molecular complexity index is 417. The van der Waals surface area contributed by atoms with Gasteiger partial charge in [0.15, 0.2) is 0 Å². The third-order valence-corrected chi connectivity index (χ3v) is 5.50. The van der Waals surface area contributed by atoms with Gasteiger partial charge in [-0.25, -0.2) is 0 Å². The first kappa shape index (κ1) is 15.0. The number of nitrogens with zero attached hydrogens (tertiary/aromatic N) is 2. The second kappa shape index (κ2) is 6.91. The highest BCUT2D eigenvalue weighted by atomic mass is 15.3. The molecule has 2 fully saturated rings. The Morgan fingerprint density at radius 2 is 1.62 bits per heavy atom. The number of piperidine rings is 1. The normalized spacial score (nSPS) is 23.5. The number of rotatable bonds is 5. The molecule has 0 saturated carbocycles. The summed E-state index contributed by atoms with van der Waals surface area (Å²) in [5.41, 5.74) is 7.93. The minimum atomic E-state index is 0.305. The van der Waals surface area contributed by atoms with E-state index < -0.39 is 0 Å². The van der Waals surface area contributed by atoms with Crippen LogP contribution in [0.15, 0.2) is 30.3 Å². The Morgan fingerprint density at radius 1 is 0.952 bits per heavy atom. The Labute approximate surface area is 129 Å². The Balaban J connectivity index is 1.50. The van der Waals surface area contributed by atoms with E-state index in [1.807, 2.05) is 0 Å². The number of hydrogen-bond acceptors (Lipinski definition) is 3. The van der Waals surface area contributed by atoms with Gasteiger partial charge >= 0.3 is 0 Å². The van der Waals surface area contributed by atoms with Crippen molar-refractivity contribution < 1.29 is 0 Å². The van der Waals surface area contributed by atoms with Crippen LogP contribution in [0.3, 0.4) is 0 Å². The second-order valence-electron chi connectivity index (χ2n) is 6.70. The fourth-order valence-electron chi connectivity index (χ4n) is 3.97. The van der Waals surface area contributed by atoms with E-state index in [9.17, 15) is 0 Å². The van der Waals surface area contributed by atoms with E-state index in [0.29, 0.717) is 5.54 Å². The predicted octanol–water partition coefficient (Wildman–Crippen LogP) is 2.12. The van der Waals surface area contributed by atoms with Crippen molar-refractivity contribution in [3.05, 3.63) is 35.9 Å². The summed E-state index contributed by atoms with van der Waals surface area (Å²) in [5, 5.41) is 0. The topological polar surface area (TPSA) is 32.5 Å². The van der Waals surface area contributed by atoms with Crippen LogP contribution in [-0.4, -0.2) is 54.6 Å². The van der Waals surface area contributed by atoms with E-state index in [1.54, 1.807) is 0 Å². The SMILES string of the molecule is NCC1(N2CCCC2)CCN(CCc2ccccc2)CC1. The molecular weight excluding hydrogens is 258 g/mol. The molecule has 0 radical (unpaired) electrons. The molecule has 0 aliphatic carbocycles. The van der Waals surface area contributed by atoms with E-state index in [4.69, 9.17) is 5.73 Å². The lowest BCUT2D eigenvalue weighted by atomic mass is 9.85.